The first-order valence-electron chi connectivity index (χ1n) is 24.2. The van der Waals surface area contributed by atoms with Gasteiger partial charge in [0.1, 0.15) is 24.4 Å². The molecule has 0 radical (unpaired) electrons. The van der Waals surface area contributed by atoms with Crippen molar-refractivity contribution >= 4 is 46.0 Å². The Bertz CT molecular complexity index is 2240. The van der Waals surface area contributed by atoms with Crippen LogP contribution in [0.1, 0.15) is 89.5 Å². The lowest BCUT2D eigenvalue weighted by molar-refractivity contribution is 0.0217. The van der Waals surface area contributed by atoms with Crippen molar-refractivity contribution in [1.29, 1.82) is 0 Å². The third-order valence-corrected chi connectivity index (χ3v) is 12.7. The van der Waals surface area contributed by atoms with Crippen LogP contribution in [0.3, 0.4) is 0 Å². The minimum Gasteiger partial charge on any atom is -0.445 e. The topological polar surface area (TPSA) is 151 Å². The molecule has 15 heteroatoms. The normalized spacial score (nSPS) is 19.2. The lowest BCUT2D eigenvalue weighted by Gasteiger charge is -2.29. The monoisotopic (exact) mass is 1010 g/mol. The van der Waals surface area contributed by atoms with E-state index in [1.165, 1.54) is 11.3 Å². The smallest absolute Gasteiger partial charge is 0.410 e. The summed E-state index contributed by atoms with van der Waals surface area (Å²) >= 11 is 3.39. The molecule has 3 N–H and O–H groups in total. The molecule has 0 spiro atoms. The predicted octanol–water partition coefficient (Wildman–Crippen LogP) is 10.0. The van der Waals surface area contributed by atoms with E-state index in [0.29, 0.717) is 37.8 Å². The van der Waals surface area contributed by atoms with E-state index >= 15 is 0 Å². The number of anilines is 1. The number of carbonyl (C=O) groups is 4. The fourth-order valence-corrected chi connectivity index (χ4v) is 9.20. The summed E-state index contributed by atoms with van der Waals surface area (Å²) in [5, 5.41) is 8.97. The zero-order valence-electron chi connectivity index (χ0n) is 41.1. The molecule has 4 aromatic carbocycles. The van der Waals surface area contributed by atoms with Crippen LogP contribution < -0.4 is 20.9 Å². The SMILES string of the molecule is CC(C)(C)OC(=O)N1CCC2C1CCN2c1ccc(CCNC(=O)OCc2ccccc2)cc1.CC(C)(C)OC(=O)N1CCC2NCCC21.O=C(NCCc1ccc(Br)cc1)OCc1ccccc1. The van der Waals surface area contributed by atoms with Crippen LogP contribution in [-0.2, 0) is 45.0 Å². The number of hydrogen-bond acceptors (Lipinski definition) is 10. The van der Waals surface area contributed by atoms with Crippen molar-refractivity contribution in [1.82, 2.24) is 25.8 Å². The second kappa shape index (κ2) is 25.2. The van der Waals surface area contributed by atoms with Gasteiger partial charge in [-0.05, 0) is 133 Å². The maximum atomic E-state index is 12.6. The molecule has 0 aromatic heterocycles. The van der Waals surface area contributed by atoms with Crippen LogP contribution in [0.4, 0.5) is 24.9 Å². The molecule has 4 amide bonds. The van der Waals surface area contributed by atoms with Crippen LogP contribution in [0.25, 0.3) is 0 Å². The first-order chi connectivity index (χ1) is 33.0. The minimum absolute atomic E-state index is 0.154. The number of hydrogen-bond donors (Lipinski definition) is 3. The van der Waals surface area contributed by atoms with Gasteiger partial charge in [-0.2, -0.15) is 0 Å². The predicted molar refractivity (Wildman–Crippen MR) is 272 cm³/mol. The van der Waals surface area contributed by atoms with Crippen LogP contribution in [0.5, 0.6) is 0 Å². The van der Waals surface area contributed by atoms with Crippen molar-refractivity contribution in [2.75, 3.05) is 44.2 Å². The lowest BCUT2D eigenvalue weighted by Crippen LogP contribution is -2.42. The van der Waals surface area contributed by atoms with E-state index in [-0.39, 0.29) is 36.5 Å². The van der Waals surface area contributed by atoms with E-state index in [1.807, 2.05) is 136 Å². The van der Waals surface area contributed by atoms with Crippen molar-refractivity contribution in [2.24, 2.45) is 0 Å². The highest BCUT2D eigenvalue weighted by Gasteiger charge is 2.46. The van der Waals surface area contributed by atoms with Gasteiger partial charge in [0.15, 0.2) is 0 Å². The van der Waals surface area contributed by atoms with Crippen molar-refractivity contribution in [3.8, 4) is 0 Å². The number of likely N-dealkylation sites (tertiary alicyclic amines) is 2. The summed E-state index contributed by atoms with van der Waals surface area (Å²) in [5.41, 5.74) is 4.60. The third-order valence-electron chi connectivity index (χ3n) is 12.2. The van der Waals surface area contributed by atoms with Crippen LogP contribution in [0.15, 0.2) is 114 Å². The Morgan fingerprint density at radius 1 is 0.565 bits per heavy atom. The number of amides is 4. The van der Waals surface area contributed by atoms with Gasteiger partial charge in [0.2, 0.25) is 0 Å². The van der Waals surface area contributed by atoms with Crippen molar-refractivity contribution in [3.63, 3.8) is 0 Å². The number of fused-ring (bicyclic) bond motifs is 2. The van der Waals surface area contributed by atoms with E-state index in [2.05, 4.69) is 61.0 Å². The van der Waals surface area contributed by atoms with Gasteiger partial charge < -0.3 is 49.6 Å². The Balaban J connectivity index is 0.000000188. The zero-order valence-corrected chi connectivity index (χ0v) is 42.7. The summed E-state index contributed by atoms with van der Waals surface area (Å²) in [5.74, 6) is 0. The second-order valence-electron chi connectivity index (χ2n) is 19.7. The molecule has 69 heavy (non-hydrogen) atoms. The lowest BCUT2D eigenvalue weighted by atomic mass is 10.1. The number of nitrogens with zero attached hydrogens (tertiary/aromatic N) is 3. The largest absolute Gasteiger partial charge is 0.445 e. The van der Waals surface area contributed by atoms with Gasteiger partial charge in [0, 0.05) is 48.9 Å². The molecule has 4 atom stereocenters. The van der Waals surface area contributed by atoms with E-state index in [9.17, 15) is 19.2 Å². The number of benzene rings is 4. The Morgan fingerprint density at radius 2 is 1.03 bits per heavy atom. The number of ether oxygens (including phenoxy) is 4. The summed E-state index contributed by atoms with van der Waals surface area (Å²) in [6.07, 6.45) is 4.42. The van der Waals surface area contributed by atoms with E-state index in [4.69, 9.17) is 18.9 Å². The molecule has 372 valence electrons. The van der Waals surface area contributed by atoms with Crippen LogP contribution in [-0.4, -0.2) is 109 Å². The van der Waals surface area contributed by atoms with Gasteiger partial charge in [-0.15, -0.1) is 0 Å². The second-order valence-corrected chi connectivity index (χ2v) is 20.6. The fourth-order valence-electron chi connectivity index (χ4n) is 8.94. The molecule has 4 saturated heterocycles. The Hall–Kier alpha value is -5.80. The first kappa shape index (κ1) is 52.6. The van der Waals surface area contributed by atoms with Crippen molar-refractivity contribution in [2.45, 2.75) is 129 Å². The van der Waals surface area contributed by atoms with Crippen LogP contribution in [0, 0.1) is 0 Å². The first-order valence-corrected chi connectivity index (χ1v) is 25.0. The highest BCUT2D eigenvalue weighted by atomic mass is 79.9. The molecule has 4 unspecified atom stereocenters. The molecular weight excluding hydrogens is 941 g/mol. The number of nitrogens with one attached hydrogen (secondary N) is 3. The summed E-state index contributed by atoms with van der Waals surface area (Å²) < 4.78 is 22.4. The number of halogens is 1. The summed E-state index contributed by atoms with van der Waals surface area (Å²) in [6, 6.07) is 37.2. The summed E-state index contributed by atoms with van der Waals surface area (Å²) in [6.45, 7) is 16.6. The molecule has 4 aromatic rings. The fraction of sp³-hybridized carbons (Fsp3) is 0.481. The molecule has 8 rings (SSSR count). The van der Waals surface area contributed by atoms with Gasteiger partial charge in [-0.25, -0.2) is 19.2 Å². The van der Waals surface area contributed by atoms with Crippen LogP contribution >= 0.6 is 15.9 Å². The summed E-state index contributed by atoms with van der Waals surface area (Å²) in [4.78, 5) is 54.1. The van der Waals surface area contributed by atoms with E-state index in [0.717, 1.165) is 85.9 Å². The Morgan fingerprint density at radius 3 is 1.54 bits per heavy atom. The zero-order chi connectivity index (χ0) is 49.4. The minimum atomic E-state index is -0.475. The van der Waals surface area contributed by atoms with Gasteiger partial charge in [0.05, 0.1) is 18.1 Å². The number of rotatable bonds is 11. The Labute approximate surface area is 416 Å². The van der Waals surface area contributed by atoms with Gasteiger partial charge in [0.25, 0.3) is 0 Å². The average molecular weight is 1010 g/mol. The van der Waals surface area contributed by atoms with Crippen molar-refractivity contribution in [3.05, 3.63) is 136 Å². The van der Waals surface area contributed by atoms with Gasteiger partial charge in [-0.3, -0.25) is 0 Å². The number of carbonyl (C=O) groups excluding carboxylic acids is 4. The third kappa shape index (κ3) is 17.0. The molecule has 4 aliphatic heterocycles. The van der Waals surface area contributed by atoms with Crippen LogP contribution in [0.2, 0.25) is 0 Å². The molecule has 4 aliphatic rings. The molecule has 0 aliphatic carbocycles. The van der Waals surface area contributed by atoms with E-state index in [1.54, 1.807) is 0 Å². The molecule has 4 heterocycles. The molecule has 0 saturated carbocycles. The summed E-state index contributed by atoms with van der Waals surface area (Å²) in [7, 11) is 0. The number of alkyl carbamates (subject to hydrolysis) is 2. The van der Waals surface area contributed by atoms with Crippen molar-refractivity contribution < 1.29 is 38.1 Å². The van der Waals surface area contributed by atoms with Gasteiger partial charge in [-0.1, -0.05) is 101 Å². The Kier molecular flexibility index (Phi) is 19.2. The van der Waals surface area contributed by atoms with Gasteiger partial charge >= 0.3 is 24.4 Å². The molecular formula is C54H71BrN6O8. The molecule has 4 fully saturated rings. The average Bonchev–Trinajstić information content (AvgIpc) is 4.13. The van der Waals surface area contributed by atoms with E-state index < -0.39 is 11.7 Å². The standard InChI is InChI=1S/C27H35N3O4.C16H16BrNO2.C11H20N2O2/c1-27(2,3)34-26(32)30-18-15-23-24(30)14-17-29(23)22-11-9-20(10-12-22)13-16-28-25(31)33-19-21-7-5-4-6-8-21;17-15-8-6-13(7-9-15)10-11-18-16(19)20-12-14-4-2-1-3-5-14;1-11(2,3)15-10(14)13-7-5-8-9(13)4-6-12-8/h4-12,23-24H,13-19H2,1-3H3,(H,28,31);1-9H,10-12H2,(H,18,19);8-9,12H,4-7H2,1-3H3. The highest BCUT2D eigenvalue weighted by molar-refractivity contribution is 9.10. The quantitative estimate of drug-likeness (QED) is 0.124. The maximum absolute atomic E-state index is 12.6. The highest BCUT2D eigenvalue weighted by Crippen LogP contribution is 2.36. The molecule has 14 nitrogen and oxygen atoms in total. The maximum Gasteiger partial charge on any atom is 0.410 e. The molecule has 0 bridgehead atoms.